The minimum absolute atomic E-state index is 0.347. The Morgan fingerprint density at radius 2 is 1.74 bits per heavy atom. The number of aliphatic hydroxyl groups is 2. The topological polar surface area (TPSA) is 128 Å². The van der Waals surface area contributed by atoms with Gasteiger partial charge in [0.05, 0.1) is 24.6 Å². The molecule has 3 atom stereocenters. The number of aromatic amines is 1. The average molecular weight is 685 g/mol. The van der Waals surface area contributed by atoms with E-state index in [1.807, 2.05) is 59.8 Å². The van der Waals surface area contributed by atoms with E-state index in [1.165, 1.54) is 11.0 Å². The highest BCUT2D eigenvalue weighted by Gasteiger charge is 2.46. The van der Waals surface area contributed by atoms with E-state index in [0.29, 0.717) is 34.1 Å². The summed E-state index contributed by atoms with van der Waals surface area (Å²) >= 11 is 2.05. The molecule has 0 bridgehead atoms. The smallest absolute Gasteiger partial charge is 0.325 e. The highest BCUT2D eigenvalue weighted by atomic mass is 127. The van der Waals surface area contributed by atoms with E-state index in [9.17, 15) is 24.2 Å². The van der Waals surface area contributed by atoms with E-state index in [-0.39, 0.29) is 19.1 Å². The van der Waals surface area contributed by atoms with Gasteiger partial charge in [-0.3, -0.25) is 9.69 Å². The van der Waals surface area contributed by atoms with Crippen LogP contribution in [0.25, 0.3) is 11.3 Å². The Morgan fingerprint density at radius 3 is 2.38 bits per heavy atom. The van der Waals surface area contributed by atoms with E-state index < -0.39 is 35.9 Å². The molecule has 0 spiro atoms. The highest BCUT2D eigenvalue weighted by molar-refractivity contribution is 14.1. The van der Waals surface area contributed by atoms with Crippen LogP contribution in [0.4, 0.5) is 9.18 Å². The molecule has 0 saturated carbocycles. The Bertz CT molecular complexity index is 1580. The molecule has 1 aliphatic rings. The molecule has 1 unspecified atom stereocenters. The summed E-state index contributed by atoms with van der Waals surface area (Å²) < 4.78 is 21.2. The number of aliphatic hydroxyl groups excluding tert-OH is 2. The summed E-state index contributed by atoms with van der Waals surface area (Å²) in [6.45, 7) is 2.97. The fourth-order valence-electron chi connectivity index (χ4n) is 5.15. The third-order valence-electron chi connectivity index (χ3n) is 7.36. The summed E-state index contributed by atoms with van der Waals surface area (Å²) in [6, 6.07) is 18.6. The first-order valence-electron chi connectivity index (χ1n) is 13.4. The fraction of sp³-hybridized carbons (Fsp3) is 0.258. The molecule has 3 aromatic carbocycles. The number of rotatable bonds is 10. The lowest BCUT2D eigenvalue weighted by molar-refractivity contribution is -0.129. The van der Waals surface area contributed by atoms with Crippen LogP contribution in [0, 0.1) is 16.3 Å². The number of aryl methyl sites for hydroxylation is 1. The van der Waals surface area contributed by atoms with Gasteiger partial charge >= 0.3 is 6.03 Å². The summed E-state index contributed by atoms with van der Waals surface area (Å²) in [7, 11) is 0. The molecular formula is C31H30FIN4O5. The first-order chi connectivity index (χ1) is 20.2. The number of halogens is 2. The summed E-state index contributed by atoms with van der Waals surface area (Å²) in [4.78, 5) is 36.5. The third kappa shape index (κ3) is 5.90. The van der Waals surface area contributed by atoms with Crippen molar-refractivity contribution < 1.29 is 28.9 Å². The number of benzene rings is 3. The van der Waals surface area contributed by atoms with Gasteiger partial charge in [0.2, 0.25) is 0 Å². The van der Waals surface area contributed by atoms with Crippen molar-refractivity contribution in [2.45, 2.75) is 38.0 Å². The van der Waals surface area contributed by atoms with Gasteiger partial charge in [0.15, 0.2) is 0 Å². The van der Waals surface area contributed by atoms with Crippen molar-refractivity contribution in [3.8, 4) is 17.0 Å². The van der Waals surface area contributed by atoms with Gasteiger partial charge in [-0.2, -0.15) is 0 Å². The molecule has 218 valence electrons. The first kappa shape index (κ1) is 29.7. The van der Waals surface area contributed by atoms with Gasteiger partial charge < -0.3 is 25.3 Å². The second-order valence-corrected chi connectivity index (χ2v) is 11.4. The van der Waals surface area contributed by atoms with Gasteiger partial charge in [-0.25, -0.2) is 14.2 Å². The second-order valence-electron chi connectivity index (χ2n) is 10.1. The quantitative estimate of drug-likeness (QED) is 0.138. The van der Waals surface area contributed by atoms with Crippen LogP contribution >= 0.6 is 22.6 Å². The molecule has 0 aliphatic carbocycles. The van der Waals surface area contributed by atoms with Crippen molar-refractivity contribution in [1.82, 2.24) is 20.2 Å². The number of aromatic nitrogens is 2. The van der Waals surface area contributed by atoms with Crippen LogP contribution in [-0.2, 0) is 4.79 Å². The van der Waals surface area contributed by atoms with Crippen molar-refractivity contribution >= 4 is 34.5 Å². The van der Waals surface area contributed by atoms with E-state index in [1.54, 1.807) is 43.3 Å². The lowest BCUT2D eigenvalue weighted by Crippen LogP contribution is -2.38. The molecule has 4 aromatic rings. The standard InChI is InChI=1S/C31H30FIN4O5/c1-17(19-6-4-3-5-7-19)28(29-34-18(2)26(35-29)24-13-10-21(33)14-25(24)32)37-30(40)27(36-31(37)41)20-8-11-22(12-9-20)42-23(15-38)16-39/h3-14,17,23,27-28,38-39H,15-16H2,1-2H3,(H,34,35)(H,36,41)/t17-,27+,28?/m0/s1. The number of hydrogen-bond donors (Lipinski definition) is 4. The Hall–Kier alpha value is -3.81. The Labute approximate surface area is 255 Å². The van der Waals surface area contributed by atoms with Crippen molar-refractivity contribution in [3.05, 3.63) is 105 Å². The number of nitrogens with one attached hydrogen (secondary N) is 2. The largest absolute Gasteiger partial charge is 0.486 e. The molecule has 1 aliphatic heterocycles. The lowest BCUT2D eigenvalue weighted by Gasteiger charge is -2.29. The number of carbonyl (C=O) groups is 2. The van der Waals surface area contributed by atoms with Crippen molar-refractivity contribution in [2.75, 3.05) is 13.2 Å². The summed E-state index contributed by atoms with van der Waals surface area (Å²) in [5, 5.41) is 21.4. The number of nitrogens with zero attached hydrogens (tertiary/aromatic N) is 2. The van der Waals surface area contributed by atoms with E-state index in [2.05, 4.69) is 10.3 Å². The summed E-state index contributed by atoms with van der Waals surface area (Å²) in [5.74, 6) is -0.453. The average Bonchev–Trinajstić information content (AvgIpc) is 3.51. The van der Waals surface area contributed by atoms with Crippen LogP contribution in [0.15, 0.2) is 72.8 Å². The zero-order valence-corrected chi connectivity index (χ0v) is 25.1. The van der Waals surface area contributed by atoms with Crippen LogP contribution in [0.1, 0.15) is 47.6 Å². The van der Waals surface area contributed by atoms with E-state index >= 15 is 0 Å². The predicted molar refractivity (Wildman–Crippen MR) is 162 cm³/mol. The molecule has 1 aromatic heterocycles. The van der Waals surface area contributed by atoms with Crippen LogP contribution in [0.5, 0.6) is 5.75 Å². The zero-order valence-electron chi connectivity index (χ0n) is 22.9. The molecule has 0 radical (unpaired) electrons. The maximum absolute atomic E-state index is 14.9. The van der Waals surface area contributed by atoms with Crippen LogP contribution in [0.2, 0.25) is 0 Å². The van der Waals surface area contributed by atoms with Crippen LogP contribution in [0.3, 0.4) is 0 Å². The number of imide groups is 1. The van der Waals surface area contributed by atoms with E-state index in [4.69, 9.17) is 9.72 Å². The van der Waals surface area contributed by atoms with E-state index in [0.717, 1.165) is 9.13 Å². The van der Waals surface area contributed by atoms with Crippen molar-refractivity contribution in [2.24, 2.45) is 0 Å². The minimum Gasteiger partial charge on any atom is -0.486 e. The number of carbonyl (C=O) groups excluding carboxylic acids is 2. The van der Waals surface area contributed by atoms with Crippen LogP contribution in [-0.4, -0.2) is 56.3 Å². The Morgan fingerprint density at radius 1 is 1.05 bits per heavy atom. The minimum atomic E-state index is -0.951. The fourth-order valence-corrected chi connectivity index (χ4v) is 5.60. The van der Waals surface area contributed by atoms with Gasteiger partial charge in [-0.05, 0) is 71.0 Å². The SMILES string of the molecule is Cc1nc(C([C@@H](C)c2ccccc2)N2C(=O)N[C@H](c3ccc(OC(CO)CO)cc3)C2=O)[nH]c1-c1ccc(I)cc1F. The number of H-pyrrole nitrogens is 1. The van der Waals surface area contributed by atoms with Gasteiger partial charge in [-0.15, -0.1) is 0 Å². The van der Waals surface area contributed by atoms with Crippen LogP contribution < -0.4 is 10.1 Å². The first-order valence-corrected chi connectivity index (χ1v) is 14.5. The molecule has 1 fully saturated rings. The Balaban J connectivity index is 1.51. The van der Waals surface area contributed by atoms with Crippen molar-refractivity contribution in [1.29, 1.82) is 0 Å². The zero-order chi connectivity index (χ0) is 30.0. The Kier molecular flexibility index (Phi) is 8.90. The molecule has 4 N–H and O–H groups in total. The maximum Gasteiger partial charge on any atom is 0.325 e. The third-order valence-corrected chi connectivity index (χ3v) is 8.03. The summed E-state index contributed by atoms with van der Waals surface area (Å²) in [6.07, 6.45) is -0.769. The molecule has 9 nitrogen and oxygen atoms in total. The molecule has 5 rings (SSSR count). The number of imidazole rings is 1. The number of urea groups is 1. The lowest BCUT2D eigenvalue weighted by atomic mass is 9.91. The molecular weight excluding hydrogens is 654 g/mol. The number of amides is 3. The molecule has 3 amide bonds. The number of ether oxygens (including phenoxy) is 1. The number of hydrogen-bond acceptors (Lipinski definition) is 6. The normalized spacial score (nSPS) is 16.5. The van der Waals surface area contributed by atoms with Gasteiger partial charge in [0, 0.05) is 15.1 Å². The van der Waals surface area contributed by atoms with Gasteiger partial charge in [0.25, 0.3) is 5.91 Å². The predicted octanol–water partition coefficient (Wildman–Crippen LogP) is 5.00. The summed E-state index contributed by atoms with van der Waals surface area (Å²) in [5.41, 5.74) is 2.80. The molecule has 1 saturated heterocycles. The maximum atomic E-state index is 14.9. The highest BCUT2D eigenvalue weighted by Crippen LogP contribution is 2.40. The van der Waals surface area contributed by atoms with Gasteiger partial charge in [0.1, 0.15) is 35.6 Å². The monoisotopic (exact) mass is 684 g/mol. The van der Waals surface area contributed by atoms with Gasteiger partial charge in [-0.1, -0.05) is 49.4 Å². The molecule has 11 heteroatoms. The molecule has 2 heterocycles. The molecule has 42 heavy (non-hydrogen) atoms. The van der Waals surface area contributed by atoms with Crippen molar-refractivity contribution in [3.63, 3.8) is 0 Å². The second kappa shape index (κ2) is 12.6.